The predicted octanol–water partition coefficient (Wildman–Crippen LogP) is 20.0. The number of aliphatic hydroxyl groups excluding tert-OH is 1. The van der Waals surface area contributed by atoms with Gasteiger partial charge in [-0.3, -0.25) is 9.59 Å². The van der Waals surface area contributed by atoms with E-state index in [1.54, 1.807) is 6.08 Å². The number of carbonyl (C=O) groups is 2. The van der Waals surface area contributed by atoms with Crippen LogP contribution in [-0.4, -0.2) is 42.4 Å². The molecule has 0 aromatic carbocycles. The van der Waals surface area contributed by atoms with Crippen molar-refractivity contribution in [3.8, 4) is 0 Å². The SMILES string of the molecule is CCCCC/C=C\C/C=C\CCCCCCCC(=O)OCCCCCCCCCCCCCCCCCCCCCCCCCCCC(=O)OCC(N)C(O)/C=C/CCCCCCCCCCCCC. The molecule has 0 amide bonds. The second-order valence-electron chi connectivity index (χ2n) is 21.4. The molecule has 0 aliphatic rings. The van der Waals surface area contributed by atoms with Crippen LogP contribution in [0.3, 0.4) is 0 Å². The van der Waals surface area contributed by atoms with E-state index in [1.165, 1.54) is 257 Å². The number of aliphatic hydroxyl groups is 1. The van der Waals surface area contributed by atoms with Crippen molar-refractivity contribution in [2.24, 2.45) is 5.73 Å². The highest BCUT2D eigenvalue weighted by Gasteiger charge is 2.14. The fraction of sp³-hybridized carbons (Fsp3) is 0.875. The smallest absolute Gasteiger partial charge is 0.305 e. The average Bonchev–Trinajstić information content (AvgIpc) is 3.36. The van der Waals surface area contributed by atoms with Crippen LogP contribution in [0.15, 0.2) is 36.5 Å². The number of rotatable bonds is 58. The summed E-state index contributed by atoms with van der Waals surface area (Å²) >= 11 is 0. The summed E-state index contributed by atoms with van der Waals surface area (Å²) in [5.41, 5.74) is 6.08. The molecule has 0 aromatic heterocycles. The quantitative estimate of drug-likeness (QED) is 0.0358. The molecule has 70 heavy (non-hydrogen) atoms. The first-order valence-corrected chi connectivity index (χ1v) is 31.2. The molecule has 0 saturated carbocycles. The normalized spacial score (nSPS) is 12.8. The van der Waals surface area contributed by atoms with E-state index in [4.69, 9.17) is 15.2 Å². The first kappa shape index (κ1) is 68.1. The van der Waals surface area contributed by atoms with Gasteiger partial charge in [0, 0.05) is 12.8 Å². The third-order valence-corrected chi connectivity index (χ3v) is 14.3. The summed E-state index contributed by atoms with van der Waals surface area (Å²) in [5, 5.41) is 10.3. The summed E-state index contributed by atoms with van der Waals surface area (Å²) < 4.78 is 10.8. The van der Waals surface area contributed by atoms with Gasteiger partial charge < -0.3 is 20.3 Å². The maximum Gasteiger partial charge on any atom is 0.305 e. The Morgan fingerprint density at radius 1 is 0.371 bits per heavy atom. The first-order chi connectivity index (χ1) is 34.5. The molecule has 0 radical (unpaired) electrons. The standard InChI is InChI=1S/C64H121NO5/c1-3-5-7-9-11-13-15-17-29-33-37-41-45-49-53-57-63(67)69-59-55-51-47-43-39-35-31-28-26-24-22-20-18-19-21-23-25-27-30-34-38-42-46-50-54-58-64(68)70-60-61(65)62(66)56-52-48-44-40-36-32-16-14-12-10-8-6-4-2/h11,13,17,29,52,56,61-62,66H,3-10,12,14-16,18-28,30-51,53-55,57-60,65H2,1-2H3/b13-11-,29-17-,56-52+. The van der Waals surface area contributed by atoms with Crippen molar-refractivity contribution < 1.29 is 24.2 Å². The van der Waals surface area contributed by atoms with Gasteiger partial charge in [0.15, 0.2) is 0 Å². The molecule has 2 unspecified atom stereocenters. The number of unbranched alkanes of at least 4 members (excludes halogenated alkanes) is 43. The number of nitrogens with two attached hydrogens (primary N) is 1. The van der Waals surface area contributed by atoms with Crippen LogP contribution in [0.25, 0.3) is 0 Å². The zero-order valence-corrected chi connectivity index (χ0v) is 47.0. The average molecular weight is 985 g/mol. The monoisotopic (exact) mass is 984 g/mol. The van der Waals surface area contributed by atoms with E-state index in [0.29, 0.717) is 19.4 Å². The summed E-state index contributed by atoms with van der Waals surface area (Å²) in [6.45, 7) is 5.21. The van der Waals surface area contributed by atoms with E-state index < -0.39 is 12.1 Å². The summed E-state index contributed by atoms with van der Waals surface area (Å²) in [6.07, 6.45) is 75.1. The molecule has 412 valence electrons. The minimum Gasteiger partial charge on any atom is -0.466 e. The molecule has 6 nitrogen and oxygen atoms in total. The van der Waals surface area contributed by atoms with Crippen LogP contribution in [0.2, 0.25) is 0 Å². The lowest BCUT2D eigenvalue weighted by molar-refractivity contribution is -0.145. The van der Waals surface area contributed by atoms with Gasteiger partial charge in [-0.05, 0) is 64.2 Å². The van der Waals surface area contributed by atoms with Crippen LogP contribution >= 0.6 is 0 Å². The number of allylic oxidation sites excluding steroid dienone is 5. The molecule has 0 aromatic rings. The Labute approximate surface area is 436 Å². The van der Waals surface area contributed by atoms with Crippen molar-refractivity contribution in [1.29, 1.82) is 0 Å². The van der Waals surface area contributed by atoms with E-state index in [0.717, 1.165) is 51.4 Å². The van der Waals surface area contributed by atoms with Gasteiger partial charge in [0.1, 0.15) is 6.61 Å². The van der Waals surface area contributed by atoms with Gasteiger partial charge in [0.25, 0.3) is 0 Å². The largest absolute Gasteiger partial charge is 0.466 e. The highest BCUT2D eigenvalue weighted by atomic mass is 16.5. The van der Waals surface area contributed by atoms with E-state index in [9.17, 15) is 14.7 Å². The van der Waals surface area contributed by atoms with Crippen LogP contribution in [0.4, 0.5) is 0 Å². The Kier molecular flexibility index (Phi) is 58.0. The van der Waals surface area contributed by atoms with Crippen molar-refractivity contribution in [2.75, 3.05) is 13.2 Å². The number of hydrogen-bond acceptors (Lipinski definition) is 6. The molecular formula is C64H121NO5. The molecule has 0 heterocycles. The lowest BCUT2D eigenvalue weighted by atomic mass is 10.0. The van der Waals surface area contributed by atoms with Gasteiger partial charge in [0.2, 0.25) is 0 Å². The molecule has 3 N–H and O–H groups in total. The van der Waals surface area contributed by atoms with Crippen molar-refractivity contribution >= 4 is 11.9 Å². The third-order valence-electron chi connectivity index (χ3n) is 14.3. The van der Waals surface area contributed by atoms with Gasteiger partial charge in [0.05, 0.1) is 18.8 Å². The summed E-state index contributed by atoms with van der Waals surface area (Å²) in [7, 11) is 0. The zero-order valence-electron chi connectivity index (χ0n) is 47.0. The second kappa shape index (κ2) is 59.6. The fourth-order valence-corrected chi connectivity index (χ4v) is 9.44. The minimum atomic E-state index is -0.769. The van der Waals surface area contributed by atoms with Gasteiger partial charge in [-0.15, -0.1) is 0 Å². The van der Waals surface area contributed by atoms with Crippen molar-refractivity contribution in [3.05, 3.63) is 36.5 Å². The van der Waals surface area contributed by atoms with Gasteiger partial charge in [-0.1, -0.05) is 294 Å². The Morgan fingerprint density at radius 2 is 0.657 bits per heavy atom. The highest BCUT2D eigenvalue weighted by Crippen LogP contribution is 2.18. The number of esters is 2. The Bertz CT molecular complexity index is 1130. The molecule has 6 heteroatoms. The lowest BCUT2D eigenvalue weighted by Crippen LogP contribution is -2.38. The summed E-state index contributed by atoms with van der Waals surface area (Å²) in [6, 6.07) is -0.568. The molecule has 0 spiro atoms. The maximum absolute atomic E-state index is 12.2. The van der Waals surface area contributed by atoms with E-state index >= 15 is 0 Å². The van der Waals surface area contributed by atoms with Crippen LogP contribution in [0.1, 0.15) is 335 Å². The van der Waals surface area contributed by atoms with Crippen molar-refractivity contribution in [3.63, 3.8) is 0 Å². The predicted molar refractivity (Wildman–Crippen MR) is 306 cm³/mol. The van der Waals surface area contributed by atoms with Gasteiger partial charge in [-0.2, -0.15) is 0 Å². The third kappa shape index (κ3) is 57.0. The van der Waals surface area contributed by atoms with Crippen LogP contribution in [0.5, 0.6) is 0 Å². The molecule has 0 saturated heterocycles. The molecule has 0 fully saturated rings. The minimum absolute atomic E-state index is 0.00271. The molecule has 2 atom stereocenters. The van der Waals surface area contributed by atoms with Crippen molar-refractivity contribution in [1.82, 2.24) is 0 Å². The summed E-state index contributed by atoms with van der Waals surface area (Å²) in [4.78, 5) is 24.2. The number of ether oxygens (including phenoxy) is 2. The fourth-order valence-electron chi connectivity index (χ4n) is 9.44. The molecule has 0 bridgehead atoms. The summed E-state index contributed by atoms with van der Waals surface area (Å²) in [5.74, 6) is -0.192. The molecular weight excluding hydrogens is 863 g/mol. The highest BCUT2D eigenvalue weighted by molar-refractivity contribution is 5.69. The Balaban J connectivity index is 3.32. The lowest BCUT2D eigenvalue weighted by Gasteiger charge is -2.15. The molecule has 0 aliphatic carbocycles. The van der Waals surface area contributed by atoms with Crippen LogP contribution in [-0.2, 0) is 19.1 Å². The Hall–Kier alpha value is -1.92. The second-order valence-corrected chi connectivity index (χ2v) is 21.4. The maximum atomic E-state index is 12.2. The number of hydrogen-bond donors (Lipinski definition) is 2. The van der Waals surface area contributed by atoms with E-state index in [1.807, 2.05) is 6.08 Å². The van der Waals surface area contributed by atoms with Crippen molar-refractivity contribution in [2.45, 2.75) is 347 Å². The first-order valence-electron chi connectivity index (χ1n) is 31.2. The van der Waals surface area contributed by atoms with E-state index in [2.05, 4.69) is 38.2 Å². The van der Waals surface area contributed by atoms with E-state index in [-0.39, 0.29) is 18.5 Å². The zero-order chi connectivity index (χ0) is 50.7. The van der Waals surface area contributed by atoms with Crippen LogP contribution in [0, 0.1) is 0 Å². The topological polar surface area (TPSA) is 98.9 Å². The molecule has 0 rings (SSSR count). The Morgan fingerprint density at radius 3 is 1.04 bits per heavy atom. The van der Waals surface area contributed by atoms with Gasteiger partial charge in [-0.25, -0.2) is 0 Å². The van der Waals surface area contributed by atoms with Crippen LogP contribution < -0.4 is 5.73 Å². The number of carbonyl (C=O) groups excluding carboxylic acids is 2. The van der Waals surface area contributed by atoms with Gasteiger partial charge >= 0.3 is 11.9 Å². The molecule has 0 aliphatic heterocycles.